The molecule has 0 bridgehead atoms. The van der Waals surface area contributed by atoms with E-state index >= 15 is 0 Å². The summed E-state index contributed by atoms with van der Waals surface area (Å²) in [7, 11) is 0. The molecule has 234 valence electrons. The van der Waals surface area contributed by atoms with E-state index in [0.717, 1.165) is 39.9 Å². The molecule has 1 fully saturated rings. The van der Waals surface area contributed by atoms with Crippen LogP contribution in [-0.4, -0.2) is 56.1 Å². The van der Waals surface area contributed by atoms with Crippen molar-refractivity contribution in [2.24, 2.45) is 5.41 Å². The average Bonchev–Trinajstić information content (AvgIpc) is 3.48. The molecule has 1 amide bonds. The van der Waals surface area contributed by atoms with Gasteiger partial charge in [-0.2, -0.15) is 0 Å². The van der Waals surface area contributed by atoms with Crippen LogP contribution in [0.25, 0.3) is 10.9 Å². The molecule has 0 aliphatic carbocycles. The van der Waals surface area contributed by atoms with Crippen molar-refractivity contribution in [1.82, 2.24) is 9.88 Å². The summed E-state index contributed by atoms with van der Waals surface area (Å²) >= 11 is 7.89. The molecule has 4 rings (SSSR count). The highest BCUT2D eigenvalue weighted by molar-refractivity contribution is 8.00. The molecule has 9 heteroatoms. The fraction of sp³-hybridized carbons (Fsp3) is 0.529. The minimum absolute atomic E-state index is 0.0943. The Kier molecular flexibility index (Phi) is 9.72. The Balaban J connectivity index is 1.72. The van der Waals surface area contributed by atoms with Crippen LogP contribution in [0.15, 0.2) is 47.4 Å². The molecule has 2 unspecified atom stereocenters. The zero-order chi connectivity index (χ0) is 31.7. The number of likely N-dealkylation sites (tertiary alicyclic amines) is 1. The van der Waals surface area contributed by atoms with Gasteiger partial charge in [-0.25, -0.2) is 4.79 Å². The Bertz CT molecular complexity index is 1450. The molecule has 43 heavy (non-hydrogen) atoms. The molecule has 1 aliphatic rings. The second-order valence-electron chi connectivity index (χ2n) is 14.1. The lowest BCUT2D eigenvalue weighted by Gasteiger charge is -2.33. The summed E-state index contributed by atoms with van der Waals surface area (Å²) in [4.78, 5) is 31.5. The van der Waals surface area contributed by atoms with Gasteiger partial charge >= 0.3 is 12.1 Å². The molecular weight excluding hydrogens is 584 g/mol. The highest BCUT2D eigenvalue weighted by Crippen LogP contribution is 2.42. The summed E-state index contributed by atoms with van der Waals surface area (Å²) < 4.78 is 12.5. The van der Waals surface area contributed by atoms with E-state index in [9.17, 15) is 14.7 Å². The number of H-pyrrole nitrogens is 1. The first-order valence-corrected chi connectivity index (χ1v) is 16.1. The number of aliphatic carboxylic acids is 1. The van der Waals surface area contributed by atoms with Crippen molar-refractivity contribution >= 4 is 46.3 Å². The Morgan fingerprint density at radius 2 is 1.74 bits per heavy atom. The van der Waals surface area contributed by atoms with Crippen LogP contribution >= 0.6 is 23.4 Å². The van der Waals surface area contributed by atoms with Crippen LogP contribution in [0.4, 0.5) is 4.79 Å². The number of carboxylic acid groups (broad SMARTS) is 1. The Hall–Kier alpha value is -2.84. The molecule has 0 saturated carbocycles. The first-order chi connectivity index (χ1) is 19.9. The van der Waals surface area contributed by atoms with Gasteiger partial charge in [-0.05, 0) is 83.4 Å². The normalized spacial score (nSPS) is 16.9. The summed E-state index contributed by atoms with van der Waals surface area (Å²) in [6, 6.07) is 13.5. The van der Waals surface area contributed by atoms with Gasteiger partial charge in [-0.1, -0.05) is 44.5 Å². The monoisotopic (exact) mass is 628 g/mol. The molecule has 1 aromatic heterocycles. The highest BCUT2D eigenvalue weighted by atomic mass is 35.5. The van der Waals surface area contributed by atoms with Gasteiger partial charge in [-0.3, -0.25) is 4.79 Å². The number of nitrogens with one attached hydrogen (secondary N) is 1. The molecule has 0 radical (unpaired) electrons. The fourth-order valence-corrected chi connectivity index (χ4v) is 6.61. The second kappa shape index (κ2) is 12.6. The lowest BCUT2D eigenvalue weighted by atomic mass is 9.88. The van der Waals surface area contributed by atoms with Crippen LogP contribution in [0.5, 0.6) is 5.75 Å². The van der Waals surface area contributed by atoms with Gasteiger partial charge in [0.25, 0.3) is 0 Å². The van der Waals surface area contributed by atoms with Gasteiger partial charge in [0.05, 0.1) is 11.5 Å². The Morgan fingerprint density at radius 3 is 2.35 bits per heavy atom. The fourth-order valence-electron chi connectivity index (χ4n) is 5.35. The second-order valence-corrected chi connectivity index (χ2v) is 16.4. The van der Waals surface area contributed by atoms with Crippen molar-refractivity contribution in [1.29, 1.82) is 0 Å². The molecule has 1 saturated heterocycles. The summed E-state index contributed by atoms with van der Waals surface area (Å²) in [6.07, 6.45) is 2.00. The van der Waals surface area contributed by atoms with Gasteiger partial charge in [-0.15, -0.1) is 11.8 Å². The van der Waals surface area contributed by atoms with Crippen LogP contribution in [-0.2, 0) is 22.4 Å². The predicted molar refractivity (Wildman–Crippen MR) is 175 cm³/mol. The largest absolute Gasteiger partial charge is 0.488 e. The molecule has 7 nitrogen and oxygen atoms in total. The highest BCUT2D eigenvalue weighted by Gasteiger charge is 2.38. The number of carboxylic acids is 1. The maximum Gasteiger partial charge on any atom is 0.410 e. The lowest BCUT2D eigenvalue weighted by Crippen LogP contribution is -2.47. The quantitative estimate of drug-likeness (QED) is 0.230. The Morgan fingerprint density at radius 1 is 1.07 bits per heavy atom. The van der Waals surface area contributed by atoms with Crippen LogP contribution in [0.3, 0.4) is 0 Å². The number of aromatic nitrogens is 1. The minimum atomic E-state index is -0.926. The average molecular weight is 629 g/mol. The number of hydrogen-bond donors (Lipinski definition) is 2. The molecule has 2 heterocycles. The number of hydrogen-bond acceptors (Lipinski definition) is 5. The number of nitrogens with zero attached hydrogens (tertiary/aromatic N) is 1. The number of aromatic amines is 1. The molecule has 1 aliphatic heterocycles. The van der Waals surface area contributed by atoms with E-state index in [0.29, 0.717) is 30.2 Å². The summed E-state index contributed by atoms with van der Waals surface area (Å²) in [5.74, 6) is -0.140. The number of ether oxygens (including phenoxy) is 2. The van der Waals surface area contributed by atoms with E-state index in [1.807, 2.05) is 68.1 Å². The standard InChI is InChI=1S/C34H45ClN2O5S/c1-32(2,3)42-31(40)37-17-9-10-27(37)28(18-21-11-13-22(35)14-12-21)41-23-15-16-25-24(19-23)29(43-33(4,5)6)26(36-25)20-34(7,8)30(38)39/h11-16,19,27-28,36H,9-10,17-18,20H2,1-8H3,(H,38,39). The number of carbonyl (C=O) groups is 2. The van der Waals surface area contributed by atoms with Crippen LogP contribution in [0.2, 0.25) is 5.02 Å². The third-order valence-electron chi connectivity index (χ3n) is 7.40. The third-order valence-corrected chi connectivity index (χ3v) is 8.93. The summed E-state index contributed by atoms with van der Waals surface area (Å²) in [5, 5.41) is 11.5. The first-order valence-electron chi connectivity index (χ1n) is 14.9. The number of fused-ring (bicyclic) bond motifs is 1. The Labute approximate surface area is 264 Å². The van der Waals surface area contributed by atoms with E-state index in [-0.39, 0.29) is 23.0 Å². The smallest absolute Gasteiger partial charge is 0.410 e. The SMILES string of the molecule is CC(C)(C)OC(=O)N1CCCC1C(Cc1ccc(Cl)cc1)Oc1ccc2[nH]c(CC(C)(C)C(=O)O)c(SC(C)(C)C)c2c1. The maximum absolute atomic E-state index is 13.2. The van der Waals surface area contributed by atoms with E-state index in [1.54, 1.807) is 25.6 Å². The number of carbonyl (C=O) groups excluding carboxylic acids is 1. The molecule has 3 aromatic rings. The van der Waals surface area contributed by atoms with Crippen molar-refractivity contribution in [3.8, 4) is 5.75 Å². The number of benzene rings is 2. The van der Waals surface area contributed by atoms with Crippen molar-refractivity contribution in [3.63, 3.8) is 0 Å². The van der Waals surface area contributed by atoms with Crippen molar-refractivity contribution in [2.45, 2.75) is 108 Å². The third kappa shape index (κ3) is 8.63. The van der Waals surface area contributed by atoms with Crippen molar-refractivity contribution in [3.05, 3.63) is 58.7 Å². The first kappa shape index (κ1) is 33.1. The van der Waals surface area contributed by atoms with Gasteiger partial charge in [0.2, 0.25) is 0 Å². The summed E-state index contributed by atoms with van der Waals surface area (Å²) in [6.45, 7) is 16.2. The van der Waals surface area contributed by atoms with Gasteiger partial charge in [0.15, 0.2) is 0 Å². The van der Waals surface area contributed by atoms with Crippen molar-refractivity contribution in [2.75, 3.05) is 6.54 Å². The van der Waals surface area contributed by atoms with Crippen LogP contribution in [0.1, 0.15) is 79.5 Å². The molecule has 2 aromatic carbocycles. The molecule has 0 spiro atoms. The van der Waals surface area contributed by atoms with Gasteiger partial charge in [0, 0.05) is 50.6 Å². The van der Waals surface area contributed by atoms with E-state index in [2.05, 4.69) is 25.8 Å². The van der Waals surface area contributed by atoms with Crippen LogP contribution in [0, 0.1) is 5.41 Å². The minimum Gasteiger partial charge on any atom is -0.488 e. The van der Waals surface area contributed by atoms with E-state index in [1.165, 1.54) is 0 Å². The van der Waals surface area contributed by atoms with Crippen molar-refractivity contribution < 1.29 is 24.2 Å². The van der Waals surface area contributed by atoms with Crippen LogP contribution < -0.4 is 4.74 Å². The topological polar surface area (TPSA) is 91.9 Å². The number of amides is 1. The van der Waals surface area contributed by atoms with E-state index in [4.69, 9.17) is 21.1 Å². The van der Waals surface area contributed by atoms with Gasteiger partial charge < -0.3 is 24.5 Å². The molecule has 2 atom stereocenters. The predicted octanol–water partition coefficient (Wildman–Crippen LogP) is 8.75. The maximum atomic E-state index is 13.2. The molecular formula is C34H45ClN2O5S. The van der Waals surface area contributed by atoms with Gasteiger partial charge in [0.1, 0.15) is 17.5 Å². The number of halogens is 1. The zero-order valence-electron chi connectivity index (χ0n) is 26.5. The summed E-state index contributed by atoms with van der Waals surface area (Å²) in [5.41, 5.74) is 1.38. The number of thioether (sulfide) groups is 1. The van der Waals surface area contributed by atoms with E-state index < -0.39 is 17.0 Å². The molecule has 2 N–H and O–H groups in total. The lowest BCUT2D eigenvalue weighted by molar-refractivity contribution is -0.146. The zero-order valence-corrected chi connectivity index (χ0v) is 28.1. The number of rotatable bonds is 9.